The largest absolute Gasteiger partial charge is 0.478 e. The number of aromatic nitrogens is 2. The van der Waals surface area contributed by atoms with E-state index < -0.39 is 5.97 Å². The molecule has 2 aliphatic heterocycles. The lowest BCUT2D eigenvalue weighted by Gasteiger charge is -2.47. The smallest absolute Gasteiger partial charge is 0.336 e. The molecule has 1 aromatic carbocycles. The average molecular weight is 342 g/mol. The van der Waals surface area contributed by atoms with Gasteiger partial charge in [-0.3, -0.25) is 4.68 Å². The Morgan fingerprint density at radius 3 is 2.68 bits per heavy atom. The Labute approximate surface area is 147 Å². The number of hydrogen-bond acceptors (Lipinski definition) is 4. The van der Waals surface area contributed by atoms with Gasteiger partial charge in [-0.2, -0.15) is 5.10 Å². The summed E-state index contributed by atoms with van der Waals surface area (Å²) in [5, 5.41) is 18.5. The number of nitrogens with one attached hydrogen (secondary N) is 1. The zero-order chi connectivity index (χ0) is 17.6. The van der Waals surface area contributed by atoms with Gasteiger partial charge in [0.1, 0.15) is 0 Å². The van der Waals surface area contributed by atoms with Gasteiger partial charge < -0.3 is 15.3 Å². The summed E-state index contributed by atoms with van der Waals surface area (Å²) in [5.74, 6) is -0.895. The van der Waals surface area contributed by atoms with E-state index in [1.54, 1.807) is 16.8 Å². The molecule has 0 radical (unpaired) electrons. The Hall–Kier alpha value is -1.92. The van der Waals surface area contributed by atoms with Crippen LogP contribution in [0, 0.1) is 0 Å². The quantitative estimate of drug-likeness (QED) is 0.893. The minimum atomic E-state index is -0.895. The van der Waals surface area contributed by atoms with Gasteiger partial charge in [-0.25, -0.2) is 4.79 Å². The predicted octanol–water partition coefficient (Wildman–Crippen LogP) is 2.38. The van der Waals surface area contributed by atoms with Crippen LogP contribution in [-0.4, -0.2) is 50.9 Å². The molecule has 2 bridgehead atoms. The van der Waals surface area contributed by atoms with Crippen LogP contribution in [0.1, 0.15) is 48.2 Å². The molecule has 6 nitrogen and oxygen atoms in total. The zero-order valence-corrected chi connectivity index (χ0v) is 14.9. The lowest BCUT2D eigenvalue weighted by atomic mass is 9.82. The summed E-state index contributed by atoms with van der Waals surface area (Å²) in [7, 11) is 4.13. The third kappa shape index (κ3) is 2.93. The van der Waals surface area contributed by atoms with Crippen LogP contribution in [0.25, 0.3) is 10.9 Å². The maximum atomic E-state index is 11.6. The molecule has 134 valence electrons. The Bertz CT molecular complexity index is 786. The van der Waals surface area contributed by atoms with Crippen molar-refractivity contribution in [2.75, 3.05) is 7.05 Å². The number of carbonyl (C=O) groups is 1. The fourth-order valence-corrected chi connectivity index (χ4v) is 4.72. The predicted molar refractivity (Wildman–Crippen MR) is 96.7 cm³/mol. The Balaban J connectivity index is 1.55. The minimum Gasteiger partial charge on any atom is -0.478 e. The van der Waals surface area contributed by atoms with Gasteiger partial charge in [0.15, 0.2) is 0 Å². The van der Waals surface area contributed by atoms with E-state index in [0.29, 0.717) is 30.2 Å². The van der Waals surface area contributed by atoms with Crippen molar-refractivity contribution < 1.29 is 9.90 Å². The average Bonchev–Trinajstić information content (AvgIpc) is 2.90. The molecule has 0 spiro atoms. The fraction of sp³-hybridized carbons (Fsp3) is 0.579. The van der Waals surface area contributed by atoms with Crippen molar-refractivity contribution in [2.45, 2.75) is 56.8 Å². The second-order valence-electron chi connectivity index (χ2n) is 7.53. The number of rotatable bonds is 4. The standard InChI is InChI=1S/C19H26N4O2/c1-22-13-5-3-6-14(22)10-12(9-13)20-11-16-18-15(19(24)25)7-4-8-17(18)23(2)21-16/h4,7-8,12-14,20H,3,5-6,9-11H2,1-2H3,(H,24,25). The molecule has 2 unspecified atom stereocenters. The van der Waals surface area contributed by atoms with Crippen molar-refractivity contribution in [3.05, 3.63) is 29.5 Å². The number of carboxylic acids is 1. The molecule has 2 saturated heterocycles. The zero-order valence-electron chi connectivity index (χ0n) is 14.9. The summed E-state index contributed by atoms with van der Waals surface area (Å²) < 4.78 is 1.78. The van der Waals surface area contributed by atoms with E-state index in [1.165, 1.54) is 32.1 Å². The van der Waals surface area contributed by atoms with Crippen molar-refractivity contribution in [3.8, 4) is 0 Å². The molecule has 2 N–H and O–H groups in total. The molecule has 2 aliphatic rings. The number of aryl methyl sites for hydroxylation is 1. The number of hydrogen-bond donors (Lipinski definition) is 2. The maximum absolute atomic E-state index is 11.6. The van der Waals surface area contributed by atoms with Crippen molar-refractivity contribution in [2.24, 2.45) is 7.05 Å². The Morgan fingerprint density at radius 2 is 2.00 bits per heavy atom. The molecule has 25 heavy (non-hydrogen) atoms. The van der Waals surface area contributed by atoms with E-state index in [9.17, 15) is 9.90 Å². The number of piperidine rings is 2. The van der Waals surface area contributed by atoms with Crippen LogP contribution < -0.4 is 5.32 Å². The molecule has 0 amide bonds. The molecule has 2 fully saturated rings. The Kier molecular flexibility index (Phi) is 4.25. The topological polar surface area (TPSA) is 70.4 Å². The lowest BCUT2D eigenvalue weighted by molar-refractivity contribution is 0.0482. The molecule has 1 aromatic heterocycles. The van der Waals surface area contributed by atoms with Gasteiger partial charge >= 0.3 is 5.97 Å². The highest BCUT2D eigenvalue weighted by Crippen LogP contribution is 2.33. The first-order valence-electron chi connectivity index (χ1n) is 9.18. The van der Waals surface area contributed by atoms with Gasteiger partial charge in [-0.1, -0.05) is 12.5 Å². The van der Waals surface area contributed by atoms with E-state index in [-0.39, 0.29) is 0 Å². The molecular formula is C19H26N4O2. The van der Waals surface area contributed by atoms with E-state index >= 15 is 0 Å². The van der Waals surface area contributed by atoms with Crippen LogP contribution in [0.5, 0.6) is 0 Å². The van der Waals surface area contributed by atoms with Crippen LogP contribution in [0.2, 0.25) is 0 Å². The molecule has 2 atom stereocenters. The van der Waals surface area contributed by atoms with Crippen molar-refractivity contribution >= 4 is 16.9 Å². The fourth-order valence-electron chi connectivity index (χ4n) is 4.72. The highest BCUT2D eigenvalue weighted by Gasteiger charge is 2.35. The number of fused-ring (bicyclic) bond motifs is 3. The number of nitrogens with zero attached hydrogens (tertiary/aromatic N) is 3. The van der Waals surface area contributed by atoms with Crippen molar-refractivity contribution in [1.29, 1.82) is 0 Å². The first-order valence-corrected chi connectivity index (χ1v) is 9.18. The number of benzene rings is 1. The van der Waals surface area contributed by atoms with Crippen LogP contribution in [0.15, 0.2) is 18.2 Å². The monoisotopic (exact) mass is 342 g/mol. The van der Waals surface area contributed by atoms with Crippen molar-refractivity contribution in [3.63, 3.8) is 0 Å². The van der Waals surface area contributed by atoms with Gasteiger partial charge in [-0.05, 0) is 44.9 Å². The molecule has 0 aliphatic carbocycles. The highest BCUT2D eigenvalue weighted by atomic mass is 16.4. The summed E-state index contributed by atoms with van der Waals surface area (Å²) in [5.41, 5.74) is 2.04. The molecule has 3 heterocycles. The van der Waals surface area contributed by atoms with Gasteiger partial charge in [-0.15, -0.1) is 0 Å². The van der Waals surface area contributed by atoms with Gasteiger partial charge in [0.05, 0.1) is 16.8 Å². The number of carboxylic acid groups (broad SMARTS) is 1. The summed E-state index contributed by atoms with van der Waals surface area (Å²) in [4.78, 5) is 14.1. The van der Waals surface area contributed by atoms with Crippen molar-refractivity contribution in [1.82, 2.24) is 20.0 Å². The van der Waals surface area contributed by atoms with Crippen LogP contribution in [0.4, 0.5) is 0 Å². The van der Waals surface area contributed by atoms with Crippen LogP contribution in [0.3, 0.4) is 0 Å². The third-order valence-corrected chi connectivity index (χ3v) is 6.08. The van der Waals surface area contributed by atoms with Crippen LogP contribution >= 0.6 is 0 Å². The first kappa shape index (κ1) is 16.5. The maximum Gasteiger partial charge on any atom is 0.336 e. The SMILES string of the molecule is CN1C2CCCC1CC(NCc1nn(C)c3cccc(C(=O)O)c13)C2. The first-order chi connectivity index (χ1) is 12.0. The summed E-state index contributed by atoms with van der Waals surface area (Å²) in [6, 6.07) is 7.22. The van der Waals surface area contributed by atoms with E-state index in [2.05, 4.69) is 22.4 Å². The van der Waals surface area contributed by atoms with E-state index in [0.717, 1.165) is 16.6 Å². The normalized spacial score (nSPS) is 26.9. The van der Waals surface area contributed by atoms with Gasteiger partial charge in [0, 0.05) is 37.1 Å². The number of aromatic carboxylic acids is 1. The highest BCUT2D eigenvalue weighted by molar-refractivity contribution is 6.03. The van der Waals surface area contributed by atoms with E-state index in [4.69, 9.17) is 0 Å². The second kappa shape index (κ2) is 6.42. The van der Waals surface area contributed by atoms with Gasteiger partial charge in [0.2, 0.25) is 0 Å². The summed E-state index contributed by atoms with van der Waals surface area (Å²) >= 11 is 0. The molecule has 6 heteroatoms. The van der Waals surface area contributed by atoms with Gasteiger partial charge in [0.25, 0.3) is 0 Å². The van der Waals surface area contributed by atoms with Crippen LogP contribution in [-0.2, 0) is 13.6 Å². The summed E-state index contributed by atoms with van der Waals surface area (Å²) in [6.45, 7) is 0.620. The summed E-state index contributed by atoms with van der Waals surface area (Å²) in [6.07, 6.45) is 6.27. The molecule has 2 aromatic rings. The van der Waals surface area contributed by atoms with E-state index in [1.807, 2.05) is 13.1 Å². The lowest BCUT2D eigenvalue weighted by Crippen LogP contribution is -2.54. The molecular weight excluding hydrogens is 316 g/mol. The Morgan fingerprint density at radius 1 is 1.28 bits per heavy atom. The third-order valence-electron chi connectivity index (χ3n) is 6.08. The second-order valence-corrected chi connectivity index (χ2v) is 7.53. The minimum absolute atomic E-state index is 0.336. The molecule has 4 rings (SSSR count). The molecule has 0 saturated carbocycles.